The summed E-state index contributed by atoms with van der Waals surface area (Å²) in [6.45, 7) is 1.66. The first-order chi connectivity index (χ1) is 8.45. The summed E-state index contributed by atoms with van der Waals surface area (Å²) in [5, 5.41) is 12.2. The van der Waals surface area contributed by atoms with Gasteiger partial charge in [0.15, 0.2) is 0 Å². The minimum Gasteiger partial charge on any atom is -0.478 e. The van der Waals surface area contributed by atoms with E-state index < -0.39 is 5.97 Å². The van der Waals surface area contributed by atoms with Gasteiger partial charge in [0.2, 0.25) is 0 Å². The number of hydrogen-bond donors (Lipinski definition) is 2. The lowest BCUT2D eigenvalue weighted by molar-refractivity contribution is -0.112. The van der Waals surface area contributed by atoms with Crippen molar-refractivity contribution in [1.82, 2.24) is 0 Å². The maximum absolute atomic E-state index is 11.8. The molecular formula is C12H11Br2NO3. The molecule has 0 aliphatic rings. The molecule has 0 aromatic heterocycles. The molecule has 18 heavy (non-hydrogen) atoms. The predicted octanol–water partition coefficient (Wildman–Crippen LogP) is 3.43. The summed E-state index contributed by atoms with van der Waals surface area (Å²) in [6, 6.07) is 4.67. The van der Waals surface area contributed by atoms with Crippen molar-refractivity contribution >= 4 is 49.4 Å². The van der Waals surface area contributed by atoms with Crippen molar-refractivity contribution in [2.75, 3.05) is 10.6 Å². The number of nitrogens with one attached hydrogen (secondary N) is 1. The summed E-state index contributed by atoms with van der Waals surface area (Å²) >= 11 is 6.39. The average molecular weight is 377 g/mol. The van der Waals surface area contributed by atoms with Crippen LogP contribution in [-0.2, 0) is 4.79 Å². The minimum atomic E-state index is -1.09. The molecule has 1 rings (SSSR count). The molecule has 2 N–H and O–H groups in total. The molecule has 0 saturated heterocycles. The Kier molecular flexibility index (Phi) is 5.55. The van der Waals surface area contributed by atoms with Gasteiger partial charge in [0.1, 0.15) is 0 Å². The Morgan fingerprint density at radius 3 is 2.67 bits per heavy atom. The van der Waals surface area contributed by atoms with Crippen LogP contribution in [0.4, 0.5) is 5.69 Å². The van der Waals surface area contributed by atoms with Crippen molar-refractivity contribution in [1.29, 1.82) is 0 Å². The highest BCUT2D eigenvalue weighted by atomic mass is 79.9. The van der Waals surface area contributed by atoms with E-state index in [9.17, 15) is 9.59 Å². The number of carbonyl (C=O) groups is 2. The molecule has 0 spiro atoms. The zero-order chi connectivity index (χ0) is 13.7. The molecule has 0 radical (unpaired) electrons. The number of alkyl halides is 1. The van der Waals surface area contributed by atoms with Gasteiger partial charge in [-0.3, -0.25) is 4.79 Å². The van der Waals surface area contributed by atoms with E-state index in [2.05, 4.69) is 37.2 Å². The van der Waals surface area contributed by atoms with Crippen molar-refractivity contribution in [2.45, 2.75) is 6.92 Å². The number of hydrogen-bond acceptors (Lipinski definition) is 2. The number of carboxylic acids is 1. The molecule has 1 aromatic rings. The maximum atomic E-state index is 11.8. The second kappa shape index (κ2) is 6.70. The summed E-state index contributed by atoms with van der Waals surface area (Å²) in [4.78, 5) is 22.8. The fraction of sp³-hybridized carbons (Fsp3) is 0.167. The minimum absolute atomic E-state index is 0.0457. The Balaban J connectivity index is 3.01. The van der Waals surface area contributed by atoms with Crippen LogP contribution >= 0.6 is 31.9 Å². The second-order valence-corrected chi connectivity index (χ2v) is 5.05. The number of halogens is 2. The van der Waals surface area contributed by atoms with Crippen molar-refractivity contribution in [3.05, 3.63) is 39.9 Å². The van der Waals surface area contributed by atoms with Gasteiger partial charge < -0.3 is 10.4 Å². The lowest BCUT2D eigenvalue weighted by Gasteiger charge is -2.09. The first-order valence-electron chi connectivity index (χ1n) is 5.02. The van der Waals surface area contributed by atoms with Crippen molar-refractivity contribution in [2.24, 2.45) is 0 Å². The number of carboxylic acid groups (broad SMARTS) is 1. The molecule has 0 saturated carbocycles. The Morgan fingerprint density at radius 1 is 1.44 bits per heavy atom. The highest BCUT2D eigenvalue weighted by Crippen LogP contribution is 2.21. The highest BCUT2D eigenvalue weighted by molar-refractivity contribution is 9.10. The Labute approximate surface area is 121 Å². The monoisotopic (exact) mass is 375 g/mol. The van der Waals surface area contributed by atoms with Crippen molar-refractivity contribution < 1.29 is 14.7 Å². The Morgan fingerprint density at radius 2 is 2.11 bits per heavy atom. The number of amides is 1. The van der Waals surface area contributed by atoms with Gasteiger partial charge in [-0.05, 0) is 25.1 Å². The molecule has 6 heteroatoms. The van der Waals surface area contributed by atoms with E-state index in [-0.39, 0.29) is 17.2 Å². The molecule has 0 atom stereocenters. The van der Waals surface area contributed by atoms with Crippen LogP contribution in [0.3, 0.4) is 0 Å². The molecule has 96 valence electrons. The lowest BCUT2D eigenvalue weighted by Crippen LogP contribution is -2.15. The van der Waals surface area contributed by atoms with Gasteiger partial charge >= 0.3 is 5.97 Å². The summed E-state index contributed by atoms with van der Waals surface area (Å²) in [6.07, 6.45) is 1.70. The summed E-state index contributed by atoms with van der Waals surface area (Å²) < 4.78 is 0.644. The van der Waals surface area contributed by atoms with E-state index in [0.29, 0.717) is 15.4 Å². The molecule has 0 unspecified atom stereocenters. The van der Waals surface area contributed by atoms with E-state index in [4.69, 9.17) is 5.11 Å². The van der Waals surface area contributed by atoms with Crippen LogP contribution in [0, 0.1) is 0 Å². The molecule has 1 aromatic carbocycles. The molecule has 0 heterocycles. The van der Waals surface area contributed by atoms with E-state index in [1.165, 1.54) is 6.07 Å². The third-order valence-electron chi connectivity index (χ3n) is 2.20. The third kappa shape index (κ3) is 3.96. The summed E-state index contributed by atoms with van der Waals surface area (Å²) in [5.74, 6) is -1.41. The zero-order valence-corrected chi connectivity index (χ0v) is 12.7. The van der Waals surface area contributed by atoms with Crippen LogP contribution in [0.1, 0.15) is 17.3 Å². The van der Waals surface area contributed by atoms with E-state index in [1.54, 1.807) is 25.1 Å². The summed E-state index contributed by atoms with van der Waals surface area (Å²) in [5.41, 5.74) is 0.841. The fourth-order valence-corrected chi connectivity index (χ4v) is 2.08. The topological polar surface area (TPSA) is 66.4 Å². The first-order valence-corrected chi connectivity index (χ1v) is 6.94. The molecule has 4 nitrogen and oxygen atoms in total. The SMILES string of the molecule is C/C(=C\CBr)C(=O)Nc1ccc(Br)cc1C(=O)O. The van der Waals surface area contributed by atoms with Crippen molar-refractivity contribution in [3.63, 3.8) is 0 Å². The molecule has 1 amide bonds. The molecule has 0 aliphatic carbocycles. The summed E-state index contributed by atoms with van der Waals surface area (Å²) in [7, 11) is 0. The number of anilines is 1. The molecule has 0 bridgehead atoms. The standard InChI is InChI=1S/C12H11Br2NO3/c1-7(4-5-13)11(16)15-10-3-2-8(14)6-9(10)12(17)18/h2-4,6H,5H2,1H3,(H,15,16)(H,17,18)/b7-4+. The van der Waals surface area contributed by atoms with Crippen LogP contribution in [0.2, 0.25) is 0 Å². The molecule has 0 aliphatic heterocycles. The Hall–Kier alpha value is -1.14. The van der Waals surface area contributed by atoms with Gasteiger partial charge in [0, 0.05) is 15.4 Å². The van der Waals surface area contributed by atoms with Gasteiger partial charge in [0.25, 0.3) is 5.91 Å². The lowest BCUT2D eigenvalue weighted by atomic mass is 10.1. The number of allylic oxidation sites excluding steroid dienone is 1. The van der Waals surface area contributed by atoms with E-state index >= 15 is 0 Å². The average Bonchev–Trinajstić information content (AvgIpc) is 2.31. The van der Waals surface area contributed by atoms with Crippen LogP contribution in [0.5, 0.6) is 0 Å². The number of benzene rings is 1. The van der Waals surface area contributed by atoms with Crippen LogP contribution in [0.15, 0.2) is 34.3 Å². The zero-order valence-electron chi connectivity index (χ0n) is 9.54. The molecular weight excluding hydrogens is 366 g/mol. The van der Waals surface area contributed by atoms with E-state index in [1.807, 2.05) is 0 Å². The van der Waals surface area contributed by atoms with E-state index in [0.717, 1.165) is 0 Å². The quantitative estimate of drug-likeness (QED) is 0.624. The first kappa shape index (κ1) is 14.9. The highest BCUT2D eigenvalue weighted by Gasteiger charge is 2.13. The number of aromatic carboxylic acids is 1. The number of rotatable bonds is 4. The Bertz CT molecular complexity index is 512. The maximum Gasteiger partial charge on any atom is 0.337 e. The third-order valence-corrected chi connectivity index (χ3v) is 3.02. The van der Waals surface area contributed by atoms with Crippen LogP contribution in [-0.4, -0.2) is 22.3 Å². The predicted molar refractivity (Wildman–Crippen MR) is 77.3 cm³/mol. The van der Waals surface area contributed by atoms with Crippen LogP contribution in [0.25, 0.3) is 0 Å². The van der Waals surface area contributed by atoms with Gasteiger partial charge in [-0.1, -0.05) is 37.9 Å². The van der Waals surface area contributed by atoms with Crippen LogP contribution < -0.4 is 5.32 Å². The van der Waals surface area contributed by atoms with Gasteiger partial charge in [-0.25, -0.2) is 4.79 Å². The van der Waals surface area contributed by atoms with Crippen molar-refractivity contribution in [3.8, 4) is 0 Å². The fourth-order valence-electron chi connectivity index (χ4n) is 1.23. The molecule has 0 fully saturated rings. The van der Waals surface area contributed by atoms with Gasteiger partial charge in [0.05, 0.1) is 11.3 Å². The van der Waals surface area contributed by atoms with Gasteiger partial charge in [-0.2, -0.15) is 0 Å². The largest absolute Gasteiger partial charge is 0.478 e. The normalized spacial score (nSPS) is 11.2. The van der Waals surface area contributed by atoms with Gasteiger partial charge in [-0.15, -0.1) is 0 Å². The second-order valence-electron chi connectivity index (χ2n) is 3.49. The smallest absolute Gasteiger partial charge is 0.337 e. The number of carbonyl (C=O) groups excluding carboxylic acids is 1.